The molecule has 0 bridgehead atoms. The summed E-state index contributed by atoms with van der Waals surface area (Å²) in [6.07, 6.45) is 5.17. The van der Waals surface area contributed by atoms with Gasteiger partial charge in [-0.05, 0) is 43.4 Å². The molecule has 1 saturated carbocycles. The van der Waals surface area contributed by atoms with Gasteiger partial charge in [-0.15, -0.1) is 0 Å². The summed E-state index contributed by atoms with van der Waals surface area (Å²) < 4.78 is 5.41. The van der Waals surface area contributed by atoms with Crippen LogP contribution in [0.3, 0.4) is 0 Å². The quantitative estimate of drug-likeness (QED) is 0.877. The molecule has 1 saturated heterocycles. The maximum Gasteiger partial charge on any atom is 0.243 e. The molecule has 21 heavy (non-hydrogen) atoms. The number of β-amino-alcohol motifs (C(OH)–C–C–N with tert-alkyl or cyclic N) is 1. The Morgan fingerprint density at radius 2 is 1.90 bits per heavy atom. The third-order valence-corrected chi connectivity index (χ3v) is 5.18. The van der Waals surface area contributed by atoms with Crippen LogP contribution in [0.5, 0.6) is 0 Å². The van der Waals surface area contributed by atoms with E-state index in [1.165, 1.54) is 12.8 Å². The summed E-state index contributed by atoms with van der Waals surface area (Å²) in [5, 5.41) is 17.0. The average molecular weight is 293 g/mol. The minimum atomic E-state index is -0.299. The van der Waals surface area contributed by atoms with Gasteiger partial charge in [-0.1, -0.05) is 25.9 Å². The molecule has 0 spiro atoms. The van der Waals surface area contributed by atoms with Gasteiger partial charge in [-0.2, -0.15) is 4.98 Å². The molecule has 2 fully saturated rings. The van der Waals surface area contributed by atoms with Gasteiger partial charge < -0.3 is 14.9 Å². The Labute approximate surface area is 126 Å². The van der Waals surface area contributed by atoms with E-state index in [9.17, 15) is 5.11 Å². The lowest BCUT2D eigenvalue weighted by atomic mass is 9.70. The molecule has 0 unspecified atom stereocenters. The van der Waals surface area contributed by atoms with Gasteiger partial charge in [0.15, 0.2) is 5.82 Å². The van der Waals surface area contributed by atoms with E-state index in [-0.39, 0.29) is 12.1 Å². The number of aliphatic hydroxyl groups is 1. The predicted octanol–water partition coefficient (Wildman–Crippen LogP) is 2.78. The Morgan fingerprint density at radius 3 is 2.48 bits per heavy atom. The van der Waals surface area contributed by atoms with Crippen molar-refractivity contribution in [2.24, 2.45) is 11.3 Å². The average Bonchev–Trinajstić information content (AvgIpc) is 3.06. The van der Waals surface area contributed by atoms with Crippen LogP contribution in [0.25, 0.3) is 0 Å². The molecule has 2 N–H and O–H groups in total. The van der Waals surface area contributed by atoms with Crippen LogP contribution in [0.15, 0.2) is 4.52 Å². The molecule has 0 amide bonds. The van der Waals surface area contributed by atoms with Crippen LogP contribution in [0.4, 0.5) is 0 Å². The summed E-state index contributed by atoms with van der Waals surface area (Å²) in [5.74, 6) is 2.74. The minimum Gasteiger partial charge on any atom is -0.392 e. The minimum absolute atomic E-state index is 0.0205. The summed E-state index contributed by atoms with van der Waals surface area (Å²) in [4.78, 5) is 4.59. The van der Waals surface area contributed by atoms with E-state index in [1.54, 1.807) is 0 Å². The van der Waals surface area contributed by atoms with Crippen molar-refractivity contribution in [2.45, 2.75) is 70.9 Å². The number of nitrogens with one attached hydrogen (secondary N) is 1. The summed E-state index contributed by atoms with van der Waals surface area (Å²) in [7, 11) is 0. The molecule has 5 heteroatoms. The zero-order valence-electron chi connectivity index (χ0n) is 13.3. The first-order valence-electron chi connectivity index (χ1n) is 8.18. The molecule has 3 rings (SSSR count). The zero-order valence-corrected chi connectivity index (χ0v) is 13.3. The molecule has 1 aromatic heterocycles. The number of aromatic nitrogens is 2. The summed E-state index contributed by atoms with van der Waals surface area (Å²) >= 11 is 0. The molecule has 1 aliphatic carbocycles. The Balaban J connectivity index is 1.60. The molecule has 2 aliphatic rings. The van der Waals surface area contributed by atoms with Gasteiger partial charge >= 0.3 is 0 Å². The van der Waals surface area contributed by atoms with Gasteiger partial charge in [-0.25, -0.2) is 0 Å². The van der Waals surface area contributed by atoms with Crippen LogP contribution in [0.2, 0.25) is 0 Å². The van der Waals surface area contributed by atoms with Crippen LogP contribution >= 0.6 is 0 Å². The van der Waals surface area contributed by atoms with Crippen molar-refractivity contribution in [3.8, 4) is 0 Å². The second kappa shape index (κ2) is 5.69. The zero-order chi connectivity index (χ0) is 15.0. The molecule has 0 aromatic carbocycles. The van der Waals surface area contributed by atoms with Crippen molar-refractivity contribution >= 4 is 0 Å². The van der Waals surface area contributed by atoms with Gasteiger partial charge in [0.2, 0.25) is 5.89 Å². The van der Waals surface area contributed by atoms with Crippen molar-refractivity contribution in [3.05, 3.63) is 11.7 Å². The van der Waals surface area contributed by atoms with Crippen LogP contribution in [-0.2, 0) is 0 Å². The normalized spacial score (nSPS) is 34.3. The molecule has 5 nitrogen and oxygen atoms in total. The number of hydrogen-bond acceptors (Lipinski definition) is 5. The maximum atomic E-state index is 9.57. The fourth-order valence-electron chi connectivity index (χ4n) is 3.68. The Hall–Kier alpha value is -0.940. The van der Waals surface area contributed by atoms with Gasteiger partial charge in [0.25, 0.3) is 0 Å². The van der Waals surface area contributed by atoms with E-state index in [0.29, 0.717) is 30.2 Å². The van der Waals surface area contributed by atoms with Crippen LogP contribution < -0.4 is 5.32 Å². The Morgan fingerprint density at radius 1 is 1.19 bits per heavy atom. The second-order valence-corrected chi connectivity index (χ2v) is 7.76. The van der Waals surface area contributed by atoms with Crippen molar-refractivity contribution < 1.29 is 9.63 Å². The smallest absolute Gasteiger partial charge is 0.243 e. The highest BCUT2D eigenvalue weighted by atomic mass is 16.5. The number of nitrogens with zero attached hydrogens (tertiary/aromatic N) is 2. The standard InChI is InChI=1S/C16H27N3O2/c1-16(2,3)11-6-4-10(5-7-11)14-18-15(21-19-14)13-8-12(20)9-17-13/h10-13,17,20H,4-9H2,1-3H3/t10?,11?,12-,13+/m0/s1. The van der Waals surface area contributed by atoms with Crippen molar-refractivity contribution in [2.75, 3.05) is 6.54 Å². The van der Waals surface area contributed by atoms with Gasteiger partial charge in [0, 0.05) is 12.5 Å². The molecular formula is C16H27N3O2. The molecule has 2 atom stereocenters. The molecule has 1 aliphatic heterocycles. The van der Waals surface area contributed by atoms with E-state index in [1.807, 2.05) is 0 Å². The van der Waals surface area contributed by atoms with Gasteiger partial charge in [-0.3, -0.25) is 0 Å². The lowest BCUT2D eigenvalue weighted by Crippen LogP contribution is -2.25. The topological polar surface area (TPSA) is 71.2 Å². The number of hydrogen-bond donors (Lipinski definition) is 2. The van der Waals surface area contributed by atoms with Gasteiger partial charge in [0.1, 0.15) is 0 Å². The largest absolute Gasteiger partial charge is 0.392 e. The summed E-state index contributed by atoms with van der Waals surface area (Å²) in [6.45, 7) is 7.61. The van der Waals surface area contributed by atoms with Gasteiger partial charge in [0.05, 0.1) is 12.1 Å². The first kappa shape index (κ1) is 15.0. The lowest BCUT2D eigenvalue weighted by Gasteiger charge is -2.36. The third kappa shape index (κ3) is 3.29. The fraction of sp³-hybridized carbons (Fsp3) is 0.875. The summed E-state index contributed by atoms with van der Waals surface area (Å²) in [6, 6.07) is 0.0205. The van der Waals surface area contributed by atoms with Crippen molar-refractivity contribution in [3.63, 3.8) is 0 Å². The van der Waals surface area contributed by atoms with E-state index in [2.05, 4.69) is 36.2 Å². The van der Waals surface area contributed by atoms with Crippen LogP contribution in [-0.4, -0.2) is 27.9 Å². The molecule has 2 heterocycles. The van der Waals surface area contributed by atoms with E-state index < -0.39 is 0 Å². The van der Waals surface area contributed by atoms with Crippen molar-refractivity contribution in [1.29, 1.82) is 0 Å². The van der Waals surface area contributed by atoms with E-state index >= 15 is 0 Å². The molecule has 1 aromatic rings. The highest BCUT2D eigenvalue weighted by Gasteiger charge is 2.33. The molecular weight excluding hydrogens is 266 g/mol. The van der Waals surface area contributed by atoms with Crippen LogP contribution in [0, 0.1) is 11.3 Å². The predicted molar refractivity (Wildman–Crippen MR) is 79.8 cm³/mol. The SMILES string of the molecule is CC(C)(C)C1CCC(c2noc([C@H]3C[C@H](O)CN3)n2)CC1. The second-order valence-electron chi connectivity index (χ2n) is 7.76. The highest BCUT2D eigenvalue weighted by molar-refractivity contribution is 5.02. The first-order valence-corrected chi connectivity index (χ1v) is 8.18. The Kier molecular flexibility index (Phi) is 4.06. The third-order valence-electron chi connectivity index (χ3n) is 5.18. The Bertz CT molecular complexity index is 472. The van der Waals surface area contributed by atoms with E-state index in [0.717, 1.165) is 24.6 Å². The van der Waals surface area contributed by atoms with E-state index in [4.69, 9.17) is 4.52 Å². The van der Waals surface area contributed by atoms with Crippen molar-refractivity contribution in [1.82, 2.24) is 15.5 Å². The number of aliphatic hydroxyl groups excluding tert-OH is 1. The lowest BCUT2D eigenvalue weighted by molar-refractivity contribution is 0.166. The monoisotopic (exact) mass is 293 g/mol. The maximum absolute atomic E-state index is 9.57. The first-order chi connectivity index (χ1) is 9.93. The molecule has 0 radical (unpaired) electrons. The van der Waals surface area contributed by atoms with Crippen LogP contribution in [0.1, 0.15) is 76.6 Å². The fourth-order valence-corrected chi connectivity index (χ4v) is 3.68. The summed E-state index contributed by atoms with van der Waals surface area (Å²) in [5.41, 5.74) is 0.400. The molecule has 118 valence electrons. The highest BCUT2D eigenvalue weighted by Crippen LogP contribution is 2.42. The number of rotatable bonds is 2.